The van der Waals surface area contributed by atoms with Crippen molar-refractivity contribution in [1.29, 1.82) is 5.26 Å². The number of halogens is 3. The van der Waals surface area contributed by atoms with E-state index in [0.717, 1.165) is 30.4 Å². The number of benzene rings is 3. The number of amides is 1. The van der Waals surface area contributed by atoms with E-state index in [9.17, 15) is 14.4 Å². The molecule has 1 fully saturated rings. The Morgan fingerprint density at radius 3 is 2.40 bits per heavy atom. The van der Waals surface area contributed by atoms with Crippen molar-refractivity contribution in [3.05, 3.63) is 105 Å². The number of carbonyl (C=O) groups is 1. The summed E-state index contributed by atoms with van der Waals surface area (Å²) in [6, 6.07) is 21.8. The maximum atomic E-state index is 13.7. The summed E-state index contributed by atoms with van der Waals surface area (Å²) in [5, 5.41) is 13.5. The fourth-order valence-corrected chi connectivity index (χ4v) is 5.63. The summed E-state index contributed by atoms with van der Waals surface area (Å²) in [4.78, 5) is 13.6. The van der Waals surface area contributed by atoms with E-state index in [0.29, 0.717) is 47.0 Å². The van der Waals surface area contributed by atoms with Gasteiger partial charge in [0, 0.05) is 16.6 Å². The summed E-state index contributed by atoms with van der Waals surface area (Å²) in [6.45, 7) is 0.471. The van der Waals surface area contributed by atoms with Crippen LogP contribution in [0.5, 0.6) is 0 Å². The van der Waals surface area contributed by atoms with Crippen LogP contribution in [0.2, 0.25) is 10.0 Å². The number of nitrogens with zero attached hydrogens (tertiary/aromatic N) is 1. The van der Waals surface area contributed by atoms with Gasteiger partial charge in [-0.25, -0.2) is 4.39 Å². The largest absolute Gasteiger partial charge is 0.355 e. The van der Waals surface area contributed by atoms with E-state index in [4.69, 9.17) is 23.2 Å². The highest BCUT2D eigenvalue weighted by Gasteiger charge is 2.44. The molecule has 3 aromatic carbocycles. The van der Waals surface area contributed by atoms with Crippen molar-refractivity contribution in [2.45, 2.75) is 43.9 Å². The number of carbonyl (C=O) groups excluding carboxylic acids is 1. The van der Waals surface area contributed by atoms with Crippen LogP contribution < -0.4 is 5.32 Å². The van der Waals surface area contributed by atoms with Crippen molar-refractivity contribution >= 4 is 29.1 Å². The quantitative estimate of drug-likeness (QED) is 0.354. The van der Waals surface area contributed by atoms with Gasteiger partial charge in [-0.2, -0.15) is 5.26 Å². The Bertz CT molecular complexity index is 1230. The predicted molar refractivity (Wildman–Crippen MR) is 138 cm³/mol. The molecule has 4 rings (SSSR count). The van der Waals surface area contributed by atoms with E-state index in [1.807, 2.05) is 42.5 Å². The summed E-state index contributed by atoms with van der Waals surface area (Å²) in [5.41, 5.74) is 2.76. The molecule has 0 aromatic heterocycles. The fourth-order valence-electron chi connectivity index (χ4n) is 5.15. The second-order valence-corrected chi connectivity index (χ2v) is 10.2. The topological polar surface area (TPSA) is 52.9 Å². The molecule has 3 aromatic rings. The third-order valence-electron chi connectivity index (χ3n) is 6.91. The molecular weight excluding hydrogens is 482 g/mol. The van der Waals surface area contributed by atoms with E-state index >= 15 is 0 Å². The van der Waals surface area contributed by atoms with Gasteiger partial charge in [-0.05, 0) is 84.7 Å². The molecule has 0 aliphatic heterocycles. The molecule has 3 nitrogen and oxygen atoms in total. The van der Waals surface area contributed by atoms with Gasteiger partial charge in [0.2, 0.25) is 5.91 Å². The molecule has 6 heteroatoms. The first-order valence-electron chi connectivity index (χ1n) is 11.9. The minimum absolute atomic E-state index is 0.0598. The first-order chi connectivity index (χ1) is 16.9. The minimum atomic E-state index is -0.740. The van der Waals surface area contributed by atoms with E-state index in [-0.39, 0.29) is 11.8 Å². The Morgan fingerprint density at radius 2 is 1.71 bits per heavy atom. The van der Waals surface area contributed by atoms with Crippen molar-refractivity contribution in [2.75, 3.05) is 6.54 Å². The molecule has 0 radical (unpaired) electrons. The number of hydrogen-bond donors (Lipinski definition) is 1. The third kappa shape index (κ3) is 6.04. The highest BCUT2D eigenvalue weighted by molar-refractivity contribution is 6.31. The van der Waals surface area contributed by atoms with Crippen molar-refractivity contribution in [1.82, 2.24) is 5.32 Å². The van der Waals surface area contributed by atoms with Crippen LogP contribution in [0.15, 0.2) is 66.7 Å². The summed E-state index contributed by atoms with van der Waals surface area (Å²) >= 11 is 12.5. The fraction of sp³-hybridized carbons (Fsp3) is 0.310. The zero-order valence-corrected chi connectivity index (χ0v) is 20.9. The lowest BCUT2D eigenvalue weighted by atomic mass is 9.77. The normalized spacial score (nSPS) is 15.4. The zero-order chi connectivity index (χ0) is 24.8. The number of nitrogens with one attached hydrogen (secondary N) is 1. The Labute approximate surface area is 215 Å². The maximum Gasteiger partial charge on any atom is 0.230 e. The molecule has 1 saturated carbocycles. The van der Waals surface area contributed by atoms with Gasteiger partial charge in [0.25, 0.3) is 0 Å². The lowest BCUT2D eigenvalue weighted by Gasteiger charge is -2.30. The minimum Gasteiger partial charge on any atom is -0.355 e. The molecule has 35 heavy (non-hydrogen) atoms. The van der Waals surface area contributed by atoms with Crippen LogP contribution in [-0.4, -0.2) is 12.5 Å². The van der Waals surface area contributed by atoms with Gasteiger partial charge in [-0.1, -0.05) is 66.4 Å². The van der Waals surface area contributed by atoms with E-state index in [1.165, 1.54) is 12.1 Å². The summed E-state index contributed by atoms with van der Waals surface area (Å²) in [6.07, 6.45) is 4.69. The van der Waals surface area contributed by atoms with Gasteiger partial charge >= 0.3 is 0 Å². The molecule has 1 aliphatic rings. The molecule has 0 spiro atoms. The second-order valence-electron chi connectivity index (χ2n) is 9.34. The molecule has 0 heterocycles. The summed E-state index contributed by atoms with van der Waals surface area (Å²) < 4.78 is 13.7. The smallest absolute Gasteiger partial charge is 0.230 e. The van der Waals surface area contributed by atoms with Crippen molar-refractivity contribution < 1.29 is 9.18 Å². The standard InChI is InChI=1S/C29H27Cl2FN2O/c30-24-8-6-20(7-9-24)14-23(16-21-4-3-5-22(15-21)18-33)19-34-28(35)29(12-1-2-13-29)26-11-10-25(32)17-27(26)31/h3-11,15,17,23H,1-2,12-14,16,19H2,(H,34,35). The van der Waals surface area contributed by atoms with Crippen LogP contribution in [0.3, 0.4) is 0 Å². The Balaban J connectivity index is 1.55. The highest BCUT2D eigenvalue weighted by atomic mass is 35.5. The van der Waals surface area contributed by atoms with Gasteiger partial charge < -0.3 is 5.32 Å². The summed E-state index contributed by atoms with van der Waals surface area (Å²) in [7, 11) is 0. The zero-order valence-electron chi connectivity index (χ0n) is 19.4. The molecule has 1 amide bonds. The van der Waals surface area contributed by atoms with Crippen LogP contribution >= 0.6 is 23.2 Å². The molecular formula is C29H27Cl2FN2O. The molecule has 0 saturated heterocycles. The number of hydrogen-bond acceptors (Lipinski definition) is 2. The highest BCUT2D eigenvalue weighted by Crippen LogP contribution is 2.44. The van der Waals surface area contributed by atoms with Gasteiger partial charge in [-0.15, -0.1) is 0 Å². The Hall–Kier alpha value is -2.87. The first-order valence-corrected chi connectivity index (χ1v) is 12.6. The second kappa shape index (κ2) is 11.2. The first kappa shape index (κ1) is 25.2. The molecule has 180 valence electrons. The summed E-state index contributed by atoms with van der Waals surface area (Å²) in [5.74, 6) is -0.360. The molecule has 0 bridgehead atoms. The molecule has 1 atom stereocenters. The van der Waals surface area contributed by atoms with Crippen LogP contribution in [-0.2, 0) is 23.1 Å². The SMILES string of the molecule is N#Cc1cccc(CC(CNC(=O)C2(c3ccc(F)cc3Cl)CCCC2)Cc2ccc(Cl)cc2)c1. The van der Waals surface area contributed by atoms with Crippen LogP contribution in [0.25, 0.3) is 0 Å². The van der Waals surface area contributed by atoms with Crippen molar-refractivity contribution in [2.24, 2.45) is 5.92 Å². The van der Waals surface area contributed by atoms with Crippen LogP contribution in [0.1, 0.15) is 47.9 Å². The van der Waals surface area contributed by atoms with Gasteiger partial charge in [-0.3, -0.25) is 4.79 Å². The molecule has 1 N–H and O–H groups in total. The van der Waals surface area contributed by atoms with Crippen molar-refractivity contribution in [3.63, 3.8) is 0 Å². The Morgan fingerprint density at radius 1 is 1.00 bits per heavy atom. The Kier molecular flexibility index (Phi) is 8.11. The maximum absolute atomic E-state index is 13.7. The third-order valence-corrected chi connectivity index (χ3v) is 7.47. The van der Waals surface area contributed by atoms with Crippen LogP contribution in [0, 0.1) is 23.1 Å². The average Bonchev–Trinajstić information content (AvgIpc) is 3.35. The average molecular weight is 509 g/mol. The van der Waals surface area contributed by atoms with Crippen molar-refractivity contribution in [3.8, 4) is 6.07 Å². The number of nitriles is 1. The molecule has 1 aliphatic carbocycles. The van der Waals surface area contributed by atoms with Gasteiger partial charge in [0.15, 0.2) is 0 Å². The molecule has 1 unspecified atom stereocenters. The lowest BCUT2D eigenvalue weighted by Crippen LogP contribution is -2.45. The lowest BCUT2D eigenvalue weighted by molar-refractivity contribution is -0.126. The number of rotatable bonds is 8. The monoisotopic (exact) mass is 508 g/mol. The predicted octanol–water partition coefficient (Wildman–Crippen LogP) is 7.03. The van der Waals surface area contributed by atoms with Gasteiger partial charge in [0.1, 0.15) is 5.82 Å². The van der Waals surface area contributed by atoms with E-state index < -0.39 is 11.2 Å². The van der Waals surface area contributed by atoms with Crippen LogP contribution in [0.4, 0.5) is 4.39 Å². The van der Waals surface area contributed by atoms with E-state index in [2.05, 4.69) is 11.4 Å². The van der Waals surface area contributed by atoms with Gasteiger partial charge in [0.05, 0.1) is 17.0 Å². The van der Waals surface area contributed by atoms with E-state index in [1.54, 1.807) is 12.1 Å².